The predicted molar refractivity (Wildman–Crippen MR) is 98.3 cm³/mol. The number of rotatable bonds is 2. The van der Waals surface area contributed by atoms with Crippen LogP contribution in [0.5, 0.6) is 0 Å². The lowest BCUT2D eigenvalue weighted by atomic mass is 10.0. The van der Waals surface area contributed by atoms with Crippen LogP contribution in [0.3, 0.4) is 0 Å². The molecule has 0 saturated carbocycles. The van der Waals surface area contributed by atoms with Gasteiger partial charge < -0.3 is 0 Å². The van der Waals surface area contributed by atoms with Crippen LogP contribution in [0, 0.1) is 11.3 Å². The number of fused-ring (bicyclic) bond motifs is 1. The van der Waals surface area contributed by atoms with Crippen molar-refractivity contribution in [2.75, 3.05) is 0 Å². The van der Waals surface area contributed by atoms with Gasteiger partial charge in [-0.2, -0.15) is 5.26 Å². The first kappa shape index (κ1) is 14.9. The van der Waals surface area contributed by atoms with E-state index in [0.717, 1.165) is 22.0 Å². The molecule has 0 saturated heterocycles. The third-order valence-corrected chi connectivity index (χ3v) is 4.28. The number of hydrogen-bond donors (Lipinski definition) is 0. The minimum Gasteiger partial charge on any atom is -0.283 e. The fourth-order valence-electron chi connectivity index (χ4n) is 2.95. The zero-order chi connectivity index (χ0) is 17.2. The monoisotopic (exact) mass is 322 g/mol. The van der Waals surface area contributed by atoms with Crippen LogP contribution in [0.15, 0.2) is 85.1 Å². The molecule has 0 atom stereocenters. The summed E-state index contributed by atoms with van der Waals surface area (Å²) in [4.78, 5) is 12.8. The van der Waals surface area contributed by atoms with Crippen LogP contribution in [0.2, 0.25) is 0 Å². The van der Waals surface area contributed by atoms with Crippen molar-refractivity contribution in [2.24, 2.45) is 0 Å². The van der Waals surface area contributed by atoms with Crippen LogP contribution < -0.4 is 0 Å². The molecule has 0 aliphatic heterocycles. The van der Waals surface area contributed by atoms with E-state index in [-0.39, 0.29) is 5.91 Å². The molecule has 3 aromatic carbocycles. The highest BCUT2D eigenvalue weighted by molar-refractivity contribution is 6.02. The van der Waals surface area contributed by atoms with Gasteiger partial charge in [-0.25, -0.2) is 0 Å². The van der Waals surface area contributed by atoms with Gasteiger partial charge >= 0.3 is 0 Å². The number of aromatic nitrogens is 1. The minimum atomic E-state index is -0.107. The summed E-state index contributed by atoms with van der Waals surface area (Å²) >= 11 is 0. The molecule has 0 bridgehead atoms. The molecule has 118 valence electrons. The summed E-state index contributed by atoms with van der Waals surface area (Å²) in [6, 6.07) is 27.0. The number of nitriles is 1. The average molecular weight is 322 g/mol. The van der Waals surface area contributed by atoms with Crippen molar-refractivity contribution in [3.05, 3.63) is 96.2 Å². The molecule has 1 aromatic heterocycles. The van der Waals surface area contributed by atoms with Crippen molar-refractivity contribution >= 4 is 16.8 Å². The van der Waals surface area contributed by atoms with Crippen LogP contribution in [-0.2, 0) is 0 Å². The Morgan fingerprint density at radius 2 is 1.56 bits per heavy atom. The summed E-state index contributed by atoms with van der Waals surface area (Å²) in [7, 11) is 0. The molecule has 1 heterocycles. The third-order valence-electron chi connectivity index (χ3n) is 4.28. The second kappa shape index (κ2) is 6.10. The van der Waals surface area contributed by atoms with Gasteiger partial charge in [-0.3, -0.25) is 9.36 Å². The molecule has 3 nitrogen and oxygen atoms in total. The molecule has 0 N–H and O–H groups in total. The fourth-order valence-corrected chi connectivity index (χ4v) is 2.95. The quantitative estimate of drug-likeness (QED) is 0.528. The first-order chi connectivity index (χ1) is 12.3. The highest BCUT2D eigenvalue weighted by Gasteiger charge is 2.12. The Kier molecular flexibility index (Phi) is 3.64. The van der Waals surface area contributed by atoms with Gasteiger partial charge in [-0.05, 0) is 41.5 Å². The Bertz CT molecular complexity index is 1100. The zero-order valence-corrected chi connectivity index (χ0v) is 13.4. The maximum atomic E-state index is 12.8. The topological polar surface area (TPSA) is 45.8 Å². The van der Waals surface area contributed by atoms with Crippen molar-refractivity contribution in [2.45, 2.75) is 0 Å². The van der Waals surface area contributed by atoms with E-state index < -0.39 is 0 Å². The van der Waals surface area contributed by atoms with Gasteiger partial charge in [-0.15, -0.1) is 0 Å². The fraction of sp³-hybridized carbons (Fsp3) is 0. The van der Waals surface area contributed by atoms with Crippen LogP contribution in [0.4, 0.5) is 0 Å². The number of benzene rings is 3. The largest absolute Gasteiger partial charge is 0.283 e. The van der Waals surface area contributed by atoms with Gasteiger partial charge in [0, 0.05) is 17.1 Å². The summed E-state index contributed by atoms with van der Waals surface area (Å²) in [5.41, 5.74) is 4.09. The third kappa shape index (κ3) is 2.71. The van der Waals surface area contributed by atoms with Gasteiger partial charge in [0.2, 0.25) is 0 Å². The molecular formula is C22H14N2O. The van der Waals surface area contributed by atoms with Crippen molar-refractivity contribution in [3.8, 4) is 17.2 Å². The van der Waals surface area contributed by atoms with Crippen molar-refractivity contribution in [3.63, 3.8) is 0 Å². The van der Waals surface area contributed by atoms with Gasteiger partial charge in [0.25, 0.3) is 5.91 Å². The second-order valence-electron chi connectivity index (χ2n) is 5.82. The smallest absolute Gasteiger partial charge is 0.262 e. The molecule has 0 aliphatic carbocycles. The summed E-state index contributed by atoms with van der Waals surface area (Å²) in [5, 5.41) is 10.0. The van der Waals surface area contributed by atoms with E-state index in [1.807, 2.05) is 66.7 Å². The summed E-state index contributed by atoms with van der Waals surface area (Å²) in [6.45, 7) is 0. The molecule has 0 unspecified atom stereocenters. The van der Waals surface area contributed by atoms with E-state index in [4.69, 9.17) is 5.26 Å². The van der Waals surface area contributed by atoms with Gasteiger partial charge in [-0.1, -0.05) is 48.5 Å². The molecule has 4 rings (SSSR count). The van der Waals surface area contributed by atoms with Crippen LogP contribution in [0.1, 0.15) is 15.9 Å². The Morgan fingerprint density at radius 1 is 0.840 bits per heavy atom. The SMILES string of the molecule is N#Cc1ccc2ccn(C(=O)c3ccc(-c4ccccc4)cc3)c2c1. The van der Waals surface area contributed by atoms with E-state index in [0.29, 0.717) is 11.1 Å². The van der Waals surface area contributed by atoms with Crippen LogP contribution >= 0.6 is 0 Å². The highest BCUT2D eigenvalue weighted by Crippen LogP contribution is 2.22. The van der Waals surface area contributed by atoms with Gasteiger partial charge in [0.05, 0.1) is 17.1 Å². The highest BCUT2D eigenvalue weighted by atomic mass is 16.2. The number of hydrogen-bond acceptors (Lipinski definition) is 2. The Labute approximate surface area is 145 Å². The molecular weight excluding hydrogens is 308 g/mol. The number of nitrogens with zero attached hydrogens (tertiary/aromatic N) is 2. The van der Waals surface area contributed by atoms with Gasteiger partial charge in [0.1, 0.15) is 0 Å². The van der Waals surface area contributed by atoms with Crippen LogP contribution in [-0.4, -0.2) is 10.5 Å². The lowest BCUT2D eigenvalue weighted by Crippen LogP contribution is -2.10. The Balaban J connectivity index is 1.71. The maximum Gasteiger partial charge on any atom is 0.262 e. The molecule has 0 aliphatic rings. The molecule has 4 aromatic rings. The molecule has 3 heteroatoms. The standard InChI is InChI=1S/C22H14N2O/c23-15-16-6-7-19-12-13-24(21(19)14-16)22(25)20-10-8-18(9-11-20)17-4-2-1-3-5-17/h1-14H. The summed E-state index contributed by atoms with van der Waals surface area (Å²) < 4.78 is 1.59. The molecule has 0 radical (unpaired) electrons. The number of carbonyl (C=O) groups excluding carboxylic acids is 1. The average Bonchev–Trinajstić information content (AvgIpc) is 3.11. The zero-order valence-electron chi connectivity index (χ0n) is 13.4. The Morgan fingerprint density at radius 3 is 2.28 bits per heavy atom. The lowest BCUT2D eigenvalue weighted by Gasteiger charge is -2.06. The maximum absolute atomic E-state index is 12.8. The summed E-state index contributed by atoms with van der Waals surface area (Å²) in [6.07, 6.45) is 1.75. The summed E-state index contributed by atoms with van der Waals surface area (Å²) in [5.74, 6) is -0.107. The first-order valence-corrected chi connectivity index (χ1v) is 7.98. The van der Waals surface area contributed by atoms with Gasteiger partial charge in [0.15, 0.2) is 0 Å². The molecule has 25 heavy (non-hydrogen) atoms. The van der Waals surface area contributed by atoms with Crippen molar-refractivity contribution in [1.82, 2.24) is 4.57 Å². The van der Waals surface area contributed by atoms with Crippen molar-refractivity contribution < 1.29 is 4.79 Å². The van der Waals surface area contributed by atoms with E-state index in [1.165, 1.54) is 0 Å². The Hall–Kier alpha value is -3.64. The molecule has 0 amide bonds. The molecule has 0 fully saturated rings. The van der Waals surface area contributed by atoms with E-state index in [9.17, 15) is 4.79 Å². The second-order valence-corrected chi connectivity index (χ2v) is 5.82. The lowest BCUT2D eigenvalue weighted by molar-refractivity contribution is 0.0965. The minimum absolute atomic E-state index is 0.107. The van der Waals surface area contributed by atoms with E-state index >= 15 is 0 Å². The van der Waals surface area contributed by atoms with Crippen molar-refractivity contribution in [1.29, 1.82) is 5.26 Å². The van der Waals surface area contributed by atoms with E-state index in [1.54, 1.807) is 22.9 Å². The first-order valence-electron chi connectivity index (χ1n) is 7.98. The number of carbonyl (C=O) groups is 1. The normalized spacial score (nSPS) is 10.5. The molecule has 0 spiro atoms. The predicted octanol–water partition coefficient (Wildman–Crippen LogP) is 4.87. The van der Waals surface area contributed by atoms with E-state index in [2.05, 4.69) is 6.07 Å². The van der Waals surface area contributed by atoms with Crippen LogP contribution in [0.25, 0.3) is 22.0 Å².